The number of rotatable bonds is 5. The van der Waals surface area contributed by atoms with E-state index >= 15 is 0 Å². The minimum atomic E-state index is -1.12. The SMILES string of the molecule is CC1=C(C#N)C(=O)N(CCO)C(=O)C1=Cc1ccc(-c2ccc(Br)cc2C(=O)O)o1. The summed E-state index contributed by atoms with van der Waals surface area (Å²) in [4.78, 5) is 37.3. The molecule has 1 aromatic heterocycles. The van der Waals surface area contributed by atoms with Gasteiger partial charge in [0.1, 0.15) is 23.2 Å². The van der Waals surface area contributed by atoms with Crippen LogP contribution in [0.5, 0.6) is 0 Å². The average Bonchev–Trinajstić information content (AvgIpc) is 3.17. The van der Waals surface area contributed by atoms with E-state index in [0.717, 1.165) is 4.90 Å². The monoisotopic (exact) mass is 470 g/mol. The first kappa shape index (κ1) is 21.2. The van der Waals surface area contributed by atoms with Crippen LogP contribution in [0.3, 0.4) is 0 Å². The third-order valence-corrected chi connectivity index (χ3v) is 5.03. The molecule has 1 aliphatic heterocycles. The zero-order valence-electron chi connectivity index (χ0n) is 15.7. The summed E-state index contributed by atoms with van der Waals surface area (Å²) in [5, 5.41) is 27.9. The molecule has 30 heavy (non-hydrogen) atoms. The van der Waals surface area contributed by atoms with Crippen molar-refractivity contribution in [3.63, 3.8) is 0 Å². The highest BCUT2D eigenvalue weighted by Crippen LogP contribution is 2.31. The van der Waals surface area contributed by atoms with Crippen LogP contribution in [0.25, 0.3) is 17.4 Å². The second-order valence-electron chi connectivity index (χ2n) is 6.35. The molecule has 0 bridgehead atoms. The fourth-order valence-corrected chi connectivity index (χ4v) is 3.42. The van der Waals surface area contributed by atoms with Crippen molar-refractivity contribution in [1.82, 2.24) is 4.90 Å². The summed E-state index contributed by atoms with van der Waals surface area (Å²) < 4.78 is 6.33. The van der Waals surface area contributed by atoms with E-state index < -0.39 is 24.4 Å². The van der Waals surface area contributed by atoms with E-state index in [9.17, 15) is 24.8 Å². The van der Waals surface area contributed by atoms with Crippen molar-refractivity contribution in [2.24, 2.45) is 0 Å². The molecule has 2 heterocycles. The molecule has 9 heteroatoms. The number of β-amino-alcohol motifs (C(OH)–C–C–N with tert-alkyl or cyclic N) is 1. The van der Waals surface area contributed by atoms with E-state index in [-0.39, 0.29) is 40.3 Å². The minimum absolute atomic E-state index is 0.0363. The number of furan rings is 1. The van der Waals surface area contributed by atoms with E-state index in [1.165, 1.54) is 19.1 Å². The van der Waals surface area contributed by atoms with Gasteiger partial charge in [-0.25, -0.2) is 4.79 Å². The number of benzene rings is 1. The van der Waals surface area contributed by atoms with Crippen molar-refractivity contribution in [1.29, 1.82) is 5.26 Å². The quantitative estimate of drug-likeness (QED) is 0.506. The van der Waals surface area contributed by atoms with Crippen molar-refractivity contribution in [2.45, 2.75) is 6.92 Å². The van der Waals surface area contributed by atoms with Gasteiger partial charge in [-0.15, -0.1) is 0 Å². The van der Waals surface area contributed by atoms with Gasteiger partial charge >= 0.3 is 5.97 Å². The summed E-state index contributed by atoms with van der Waals surface area (Å²) in [5.41, 5.74) is 0.480. The Labute approximate surface area is 179 Å². The molecule has 1 aliphatic rings. The molecule has 2 amide bonds. The molecule has 0 radical (unpaired) electrons. The van der Waals surface area contributed by atoms with Crippen LogP contribution in [0, 0.1) is 11.3 Å². The third-order valence-electron chi connectivity index (χ3n) is 4.54. The maximum Gasteiger partial charge on any atom is 0.336 e. The number of carbonyl (C=O) groups is 3. The molecule has 0 atom stereocenters. The number of carboxylic acid groups (broad SMARTS) is 1. The standard InChI is InChI=1S/C21H15BrN2O6/c1-11-15(19(26)24(6-7-25)20(27)17(11)10-23)9-13-3-5-18(30-13)14-4-2-12(22)8-16(14)21(28)29/h2-5,8-9,25H,6-7H2,1H3,(H,28,29). The van der Waals surface area contributed by atoms with Gasteiger partial charge in [-0.1, -0.05) is 15.9 Å². The summed E-state index contributed by atoms with van der Waals surface area (Å²) in [7, 11) is 0. The summed E-state index contributed by atoms with van der Waals surface area (Å²) in [6.45, 7) is 0.810. The lowest BCUT2D eigenvalue weighted by molar-refractivity contribution is -0.141. The van der Waals surface area contributed by atoms with E-state index in [2.05, 4.69) is 15.9 Å². The predicted molar refractivity (Wildman–Crippen MR) is 109 cm³/mol. The van der Waals surface area contributed by atoms with Gasteiger partial charge in [-0.3, -0.25) is 14.5 Å². The van der Waals surface area contributed by atoms with E-state index in [4.69, 9.17) is 9.52 Å². The fourth-order valence-electron chi connectivity index (χ4n) is 3.06. The van der Waals surface area contributed by atoms with Crippen LogP contribution in [0.4, 0.5) is 0 Å². The number of imide groups is 1. The first-order chi connectivity index (χ1) is 14.3. The van der Waals surface area contributed by atoms with Crippen LogP contribution in [0.1, 0.15) is 23.0 Å². The maximum atomic E-state index is 12.7. The maximum absolute atomic E-state index is 12.7. The van der Waals surface area contributed by atoms with Gasteiger partial charge in [0, 0.05) is 15.6 Å². The zero-order valence-corrected chi connectivity index (χ0v) is 17.3. The van der Waals surface area contributed by atoms with Gasteiger partial charge in [0.15, 0.2) is 0 Å². The van der Waals surface area contributed by atoms with Gasteiger partial charge < -0.3 is 14.6 Å². The molecule has 2 N–H and O–H groups in total. The Balaban J connectivity index is 2.07. The summed E-state index contributed by atoms with van der Waals surface area (Å²) in [6.07, 6.45) is 1.38. The third kappa shape index (κ3) is 3.83. The van der Waals surface area contributed by atoms with Gasteiger partial charge in [0.25, 0.3) is 11.8 Å². The van der Waals surface area contributed by atoms with Crippen molar-refractivity contribution in [2.75, 3.05) is 13.2 Å². The lowest BCUT2D eigenvalue weighted by Crippen LogP contribution is -2.44. The molecule has 1 aromatic carbocycles. The number of aromatic carboxylic acids is 1. The normalized spacial score (nSPS) is 15.7. The number of aliphatic hydroxyl groups excluding tert-OH is 1. The van der Waals surface area contributed by atoms with Crippen molar-refractivity contribution in [3.8, 4) is 17.4 Å². The molecule has 3 rings (SSSR count). The van der Waals surface area contributed by atoms with Crippen molar-refractivity contribution in [3.05, 3.63) is 62.8 Å². The average molecular weight is 471 g/mol. The van der Waals surface area contributed by atoms with Crippen molar-refractivity contribution >= 4 is 39.8 Å². The van der Waals surface area contributed by atoms with Crippen LogP contribution < -0.4 is 0 Å². The highest BCUT2D eigenvalue weighted by Gasteiger charge is 2.35. The summed E-state index contributed by atoms with van der Waals surface area (Å²) >= 11 is 3.23. The lowest BCUT2D eigenvalue weighted by Gasteiger charge is -2.26. The first-order valence-corrected chi connectivity index (χ1v) is 9.51. The first-order valence-electron chi connectivity index (χ1n) is 8.71. The Bertz CT molecular complexity index is 1170. The molecule has 0 fully saturated rings. The number of hydrogen-bond donors (Lipinski definition) is 2. The molecule has 2 aromatic rings. The van der Waals surface area contributed by atoms with Gasteiger partial charge in [0.2, 0.25) is 0 Å². The number of amides is 2. The van der Waals surface area contributed by atoms with E-state index in [1.807, 2.05) is 0 Å². The number of nitrogens with zero attached hydrogens (tertiary/aromatic N) is 2. The summed E-state index contributed by atoms with van der Waals surface area (Å²) in [5.74, 6) is -2.02. The molecular weight excluding hydrogens is 456 g/mol. The van der Waals surface area contributed by atoms with E-state index in [0.29, 0.717) is 10.0 Å². The molecule has 0 spiro atoms. The lowest BCUT2D eigenvalue weighted by atomic mass is 9.95. The number of carbonyl (C=O) groups excluding carboxylic acids is 2. The Hall–Kier alpha value is -3.48. The molecule has 152 valence electrons. The Morgan fingerprint density at radius 1 is 1.27 bits per heavy atom. The van der Waals surface area contributed by atoms with Gasteiger partial charge in [-0.2, -0.15) is 5.26 Å². The minimum Gasteiger partial charge on any atom is -0.478 e. The predicted octanol–water partition coefficient (Wildman–Crippen LogP) is 2.99. The Kier molecular flexibility index (Phi) is 6.01. The number of carboxylic acids is 1. The van der Waals surface area contributed by atoms with Crippen LogP contribution in [0.2, 0.25) is 0 Å². The second kappa shape index (κ2) is 8.49. The van der Waals surface area contributed by atoms with Gasteiger partial charge in [0.05, 0.1) is 18.7 Å². The molecular formula is C21H15BrN2O6. The Morgan fingerprint density at radius 2 is 2.00 bits per heavy atom. The summed E-state index contributed by atoms with van der Waals surface area (Å²) in [6, 6.07) is 9.64. The molecule has 0 saturated heterocycles. The molecule has 0 aliphatic carbocycles. The molecule has 8 nitrogen and oxygen atoms in total. The highest BCUT2D eigenvalue weighted by atomic mass is 79.9. The smallest absolute Gasteiger partial charge is 0.336 e. The number of halogens is 1. The molecule has 0 unspecified atom stereocenters. The van der Waals surface area contributed by atoms with Crippen LogP contribution in [0.15, 0.2) is 55.9 Å². The second-order valence-corrected chi connectivity index (χ2v) is 7.27. The topological polar surface area (TPSA) is 132 Å². The number of nitriles is 1. The van der Waals surface area contributed by atoms with Gasteiger partial charge in [-0.05, 0) is 48.9 Å². The van der Waals surface area contributed by atoms with Crippen LogP contribution in [-0.4, -0.2) is 46.0 Å². The fraction of sp³-hybridized carbons (Fsp3) is 0.143. The molecule has 0 saturated carbocycles. The zero-order chi connectivity index (χ0) is 22.0. The van der Waals surface area contributed by atoms with Crippen LogP contribution >= 0.6 is 15.9 Å². The highest BCUT2D eigenvalue weighted by molar-refractivity contribution is 9.10. The van der Waals surface area contributed by atoms with E-state index in [1.54, 1.807) is 30.3 Å². The number of hydrogen-bond acceptors (Lipinski definition) is 6. The van der Waals surface area contributed by atoms with Crippen molar-refractivity contribution < 1.29 is 29.0 Å². The van der Waals surface area contributed by atoms with Crippen LogP contribution in [-0.2, 0) is 9.59 Å². The Morgan fingerprint density at radius 3 is 2.63 bits per heavy atom. The number of aliphatic hydroxyl groups is 1. The largest absolute Gasteiger partial charge is 0.478 e.